The van der Waals surface area contributed by atoms with Crippen molar-refractivity contribution in [3.05, 3.63) is 46.2 Å². The first kappa shape index (κ1) is 17.0. The molecule has 2 heterocycles. The number of rotatable bonds is 4. The Labute approximate surface area is 147 Å². The summed E-state index contributed by atoms with van der Waals surface area (Å²) < 4.78 is 7.19. The lowest BCUT2D eigenvalue weighted by molar-refractivity contribution is 0.0301. The summed E-state index contributed by atoms with van der Waals surface area (Å²) in [5.74, 6) is 0.0466. The van der Waals surface area contributed by atoms with Crippen molar-refractivity contribution in [2.75, 3.05) is 26.3 Å². The molecule has 2 aromatic rings. The number of hydrogen-bond donors (Lipinski definition) is 0. The van der Waals surface area contributed by atoms with E-state index in [2.05, 4.69) is 0 Å². The minimum Gasteiger partial charge on any atom is -0.378 e. The van der Waals surface area contributed by atoms with Crippen molar-refractivity contribution in [1.29, 1.82) is 0 Å². The quantitative estimate of drug-likeness (QED) is 0.853. The molecular formula is C18H22ClN3O2. The number of nitrogens with zero attached hydrogens (tertiary/aromatic N) is 3. The summed E-state index contributed by atoms with van der Waals surface area (Å²) in [6.07, 6.45) is 1.42. The van der Waals surface area contributed by atoms with Gasteiger partial charge in [0.1, 0.15) is 0 Å². The molecule has 1 aromatic heterocycles. The zero-order valence-corrected chi connectivity index (χ0v) is 14.8. The summed E-state index contributed by atoms with van der Waals surface area (Å²) in [4.78, 5) is 14.9. The summed E-state index contributed by atoms with van der Waals surface area (Å²) in [7, 11) is 0. The Hall–Kier alpha value is -1.85. The summed E-state index contributed by atoms with van der Waals surface area (Å²) in [5, 5.41) is 5.33. The van der Waals surface area contributed by atoms with Gasteiger partial charge in [0, 0.05) is 13.1 Å². The van der Waals surface area contributed by atoms with Crippen molar-refractivity contribution in [2.45, 2.75) is 26.7 Å². The third-order valence-electron chi connectivity index (χ3n) is 4.32. The van der Waals surface area contributed by atoms with Gasteiger partial charge in [-0.2, -0.15) is 5.10 Å². The highest BCUT2D eigenvalue weighted by molar-refractivity contribution is 6.32. The highest BCUT2D eigenvalue weighted by Gasteiger charge is 2.27. The molecule has 0 atom stereocenters. The van der Waals surface area contributed by atoms with E-state index < -0.39 is 0 Å². The van der Waals surface area contributed by atoms with E-state index >= 15 is 0 Å². The molecule has 1 saturated heterocycles. The maximum Gasteiger partial charge on any atom is 0.257 e. The predicted molar refractivity (Wildman–Crippen MR) is 94.1 cm³/mol. The molecule has 1 amide bonds. The van der Waals surface area contributed by atoms with Crippen molar-refractivity contribution in [3.63, 3.8) is 0 Å². The van der Waals surface area contributed by atoms with E-state index in [9.17, 15) is 4.79 Å². The van der Waals surface area contributed by atoms with E-state index in [1.807, 2.05) is 47.7 Å². The summed E-state index contributed by atoms with van der Waals surface area (Å²) in [5.41, 5.74) is 3.27. The number of benzene rings is 1. The number of carbonyl (C=O) groups excluding carboxylic acids is 1. The number of aromatic nitrogens is 2. The number of aryl methyl sites for hydroxylation is 1. The van der Waals surface area contributed by atoms with Crippen LogP contribution in [0.4, 0.5) is 0 Å². The molecule has 0 saturated carbocycles. The van der Waals surface area contributed by atoms with Crippen molar-refractivity contribution in [2.24, 2.45) is 0 Å². The standard InChI is InChI=1S/C18H22ClN3O2/c1-3-14-17(18(23)21-9-11-24-12-10-21)15(4-2)22(20-14)16-8-6-5-7-13(16)19/h5-8H,3-4,9-12H2,1-2H3. The Morgan fingerprint density at radius 2 is 1.92 bits per heavy atom. The molecule has 0 bridgehead atoms. The average molecular weight is 348 g/mol. The van der Waals surface area contributed by atoms with E-state index in [0.717, 1.165) is 22.6 Å². The predicted octanol–water partition coefficient (Wildman–Crippen LogP) is 3.12. The highest BCUT2D eigenvalue weighted by atomic mass is 35.5. The smallest absolute Gasteiger partial charge is 0.257 e. The van der Waals surface area contributed by atoms with Gasteiger partial charge in [0.05, 0.1) is 40.9 Å². The van der Waals surface area contributed by atoms with Crippen LogP contribution in [0.1, 0.15) is 35.6 Å². The summed E-state index contributed by atoms with van der Waals surface area (Å²) in [6, 6.07) is 7.59. The van der Waals surface area contributed by atoms with Crippen LogP contribution in [0, 0.1) is 0 Å². The molecule has 0 unspecified atom stereocenters. The maximum absolute atomic E-state index is 13.1. The number of morpholine rings is 1. The monoisotopic (exact) mass is 347 g/mol. The third-order valence-corrected chi connectivity index (χ3v) is 4.64. The van der Waals surface area contributed by atoms with Gasteiger partial charge >= 0.3 is 0 Å². The van der Waals surface area contributed by atoms with Gasteiger partial charge in [-0.1, -0.05) is 37.6 Å². The van der Waals surface area contributed by atoms with Gasteiger partial charge in [0.15, 0.2) is 0 Å². The molecule has 1 aliphatic heterocycles. The maximum atomic E-state index is 13.1. The molecule has 1 aromatic carbocycles. The molecule has 6 heteroatoms. The van der Waals surface area contributed by atoms with E-state index in [-0.39, 0.29) is 5.91 Å². The number of halogens is 1. The molecule has 0 aliphatic carbocycles. The van der Waals surface area contributed by atoms with E-state index in [1.54, 1.807) is 0 Å². The molecule has 1 aliphatic rings. The summed E-state index contributed by atoms with van der Waals surface area (Å²) in [6.45, 7) is 6.50. The van der Waals surface area contributed by atoms with Crippen LogP contribution in [0.15, 0.2) is 24.3 Å². The van der Waals surface area contributed by atoms with Crippen molar-refractivity contribution >= 4 is 17.5 Å². The zero-order chi connectivity index (χ0) is 17.1. The van der Waals surface area contributed by atoms with Crippen molar-refractivity contribution in [3.8, 4) is 5.69 Å². The van der Waals surface area contributed by atoms with Gasteiger partial charge < -0.3 is 9.64 Å². The normalized spacial score (nSPS) is 14.9. The lowest BCUT2D eigenvalue weighted by atomic mass is 10.1. The third kappa shape index (κ3) is 3.06. The van der Waals surface area contributed by atoms with Crippen LogP contribution in [-0.2, 0) is 17.6 Å². The van der Waals surface area contributed by atoms with Crippen molar-refractivity contribution in [1.82, 2.24) is 14.7 Å². The Morgan fingerprint density at radius 1 is 1.21 bits per heavy atom. The lowest BCUT2D eigenvalue weighted by Crippen LogP contribution is -2.41. The Bertz CT molecular complexity index is 736. The van der Waals surface area contributed by atoms with E-state index in [0.29, 0.717) is 44.2 Å². The molecular weight excluding hydrogens is 326 g/mol. The molecule has 0 N–H and O–H groups in total. The minimum atomic E-state index is 0.0466. The number of para-hydroxylation sites is 1. The fraction of sp³-hybridized carbons (Fsp3) is 0.444. The van der Waals surface area contributed by atoms with Gasteiger partial charge in [-0.15, -0.1) is 0 Å². The van der Waals surface area contributed by atoms with Gasteiger partial charge in [0.2, 0.25) is 0 Å². The average Bonchev–Trinajstić information content (AvgIpc) is 3.00. The second-order valence-electron chi connectivity index (χ2n) is 5.74. The van der Waals surface area contributed by atoms with Crippen LogP contribution in [0.2, 0.25) is 5.02 Å². The number of amides is 1. The second kappa shape index (κ2) is 7.36. The van der Waals surface area contributed by atoms with Gasteiger partial charge in [-0.25, -0.2) is 4.68 Å². The minimum absolute atomic E-state index is 0.0466. The number of ether oxygens (including phenoxy) is 1. The fourth-order valence-electron chi connectivity index (χ4n) is 3.07. The lowest BCUT2D eigenvalue weighted by Gasteiger charge is -2.27. The van der Waals surface area contributed by atoms with Crippen LogP contribution in [0.5, 0.6) is 0 Å². The molecule has 3 rings (SSSR count). The highest BCUT2D eigenvalue weighted by Crippen LogP contribution is 2.26. The van der Waals surface area contributed by atoms with E-state index in [1.165, 1.54) is 0 Å². The van der Waals surface area contributed by atoms with Crippen LogP contribution in [0.25, 0.3) is 5.69 Å². The SMILES string of the molecule is CCc1nn(-c2ccccc2Cl)c(CC)c1C(=O)N1CCOCC1. The molecule has 0 spiro atoms. The number of hydrogen-bond acceptors (Lipinski definition) is 3. The summed E-state index contributed by atoms with van der Waals surface area (Å²) >= 11 is 6.35. The van der Waals surface area contributed by atoms with Crippen LogP contribution in [-0.4, -0.2) is 46.9 Å². The molecule has 0 radical (unpaired) electrons. The second-order valence-corrected chi connectivity index (χ2v) is 6.15. The molecule has 24 heavy (non-hydrogen) atoms. The Kier molecular flexibility index (Phi) is 5.21. The van der Waals surface area contributed by atoms with Gasteiger partial charge in [-0.05, 0) is 25.0 Å². The first-order chi connectivity index (χ1) is 11.7. The van der Waals surface area contributed by atoms with Crippen LogP contribution in [0.3, 0.4) is 0 Å². The van der Waals surface area contributed by atoms with E-state index in [4.69, 9.17) is 21.4 Å². The first-order valence-corrected chi connectivity index (χ1v) is 8.77. The zero-order valence-electron chi connectivity index (χ0n) is 14.1. The van der Waals surface area contributed by atoms with Crippen LogP contribution < -0.4 is 0 Å². The Balaban J connectivity index is 2.09. The van der Waals surface area contributed by atoms with Crippen LogP contribution >= 0.6 is 11.6 Å². The first-order valence-electron chi connectivity index (χ1n) is 8.40. The fourth-order valence-corrected chi connectivity index (χ4v) is 3.29. The molecule has 1 fully saturated rings. The van der Waals surface area contributed by atoms with Gasteiger partial charge in [-0.3, -0.25) is 4.79 Å². The Morgan fingerprint density at radius 3 is 2.54 bits per heavy atom. The topological polar surface area (TPSA) is 47.4 Å². The molecule has 5 nitrogen and oxygen atoms in total. The largest absolute Gasteiger partial charge is 0.378 e. The number of carbonyl (C=O) groups is 1. The van der Waals surface area contributed by atoms with Gasteiger partial charge in [0.25, 0.3) is 5.91 Å². The van der Waals surface area contributed by atoms with Crippen molar-refractivity contribution < 1.29 is 9.53 Å². The molecule has 128 valence electrons.